The number of nitrogens with one attached hydrogen (secondary N) is 1. The van der Waals surface area contributed by atoms with E-state index in [1.54, 1.807) is 13.3 Å². The number of aryl methyl sites for hydroxylation is 1. The normalized spacial score (nSPS) is 18.2. The smallest absolute Gasteiger partial charge is 0.228 e. The number of aliphatic hydroxyl groups is 1. The lowest BCUT2D eigenvalue weighted by atomic mass is 9.99. The maximum Gasteiger partial charge on any atom is 0.228 e. The Morgan fingerprint density at radius 3 is 3.13 bits per heavy atom. The standard InChI is InChI=1S/C15H22N6O2/c1-11-19-15(23-20-11)4-5-16-13-7-14(18-10-17-13)21-6-2-3-12(8-21)9-22/h7,10,12,22H,2-6,8-9H2,1H3,(H,16,17,18). The highest BCUT2D eigenvalue weighted by Gasteiger charge is 2.20. The summed E-state index contributed by atoms with van der Waals surface area (Å²) in [5.41, 5.74) is 0. The summed E-state index contributed by atoms with van der Waals surface area (Å²) >= 11 is 0. The lowest BCUT2D eigenvalue weighted by Gasteiger charge is -2.32. The Balaban J connectivity index is 1.56. The summed E-state index contributed by atoms with van der Waals surface area (Å²) in [6.45, 7) is 4.51. The first-order chi connectivity index (χ1) is 11.2. The average molecular weight is 318 g/mol. The van der Waals surface area contributed by atoms with Gasteiger partial charge in [-0.1, -0.05) is 5.16 Å². The van der Waals surface area contributed by atoms with Crippen molar-refractivity contribution in [1.29, 1.82) is 0 Å². The molecule has 23 heavy (non-hydrogen) atoms. The molecular weight excluding hydrogens is 296 g/mol. The van der Waals surface area contributed by atoms with Crippen molar-refractivity contribution in [3.05, 3.63) is 24.1 Å². The fourth-order valence-electron chi connectivity index (χ4n) is 2.78. The minimum atomic E-state index is 0.232. The van der Waals surface area contributed by atoms with E-state index in [4.69, 9.17) is 4.52 Å². The molecular formula is C15H22N6O2. The number of aliphatic hydroxyl groups excluding tert-OH is 1. The molecule has 1 saturated heterocycles. The van der Waals surface area contributed by atoms with Crippen LogP contribution in [0.25, 0.3) is 0 Å². The molecule has 3 rings (SSSR count). The summed E-state index contributed by atoms with van der Waals surface area (Å²) in [6, 6.07) is 1.94. The molecule has 0 aliphatic carbocycles. The first-order valence-electron chi connectivity index (χ1n) is 7.95. The molecule has 1 aliphatic heterocycles. The first kappa shape index (κ1) is 15.7. The largest absolute Gasteiger partial charge is 0.396 e. The van der Waals surface area contributed by atoms with Crippen LogP contribution in [0.1, 0.15) is 24.6 Å². The molecule has 1 fully saturated rings. The predicted molar refractivity (Wildman–Crippen MR) is 85.3 cm³/mol. The van der Waals surface area contributed by atoms with Crippen molar-refractivity contribution in [3.63, 3.8) is 0 Å². The molecule has 1 atom stereocenters. The van der Waals surface area contributed by atoms with Crippen LogP contribution < -0.4 is 10.2 Å². The zero-order chi connectivity index (χ0) is 16.1. The van der Waals surface area contributed by atoms with Crippen LogP contribution in [-0.2, 0) is 6.42 Å². The van der Waals surface area contributed by atoms with Gasteiger partial charge in [0.1, 0.15) is 18.0 Å². The molecule has 0 amide bonds. The van der Waals surface area contributed by atoms with Gasteiger partial charge in [-0.2, -0.15) is 4.98 Å². The zero-order valence-corrected chi connectivity index (χ0v) is 13.3. The number of piperidine rings is 1. The first-order valence-corrected chi connectivity index (χ1v) is 7.95. The highest BCUT2D eigenvalue weighted by molar-refractivity contribution is 5.48. The summed E-state index contributed by atoms with van der Waals surface area (Å²) in [5, 5.41) is 16.4. The Bertz CT molecular complexity index is 632. The number of aromatic nitrogens is 4. The fraction of sp³-hybridized carbons (Fsp3) is 0.600. The Morgan fingerprint density at radius 1 is 1.43 bits per heavy atom. The summed E-state index contributed by atoms with van der Waals surface area (Å²) in [5.74, 6) is 3.27. The van der Waals surface area contributed by atoms with Crippen LogP contribution in [0, 0.1) is 12.8 Å². The highest BCUT2D eigenvalue weighted by atomic mass is 16.5. The molecule has 8 nitrogen and oxygen atoms in total. The summed E-state index contributed by atoms with van der Waals surface area (Å²) in [7, 11) is 0. The van der Waals surface area contributed by atoms with Crippen molar-refractivity contribution >= 4 is 11.6 Å². The van der Waals surface area contributed by atoms with E-state index >= 15 is 0 Å². The quantitative estimate of drug-likeness (QED) is 0.814. The molecule has 2 N–H and O–H groups in total. The van der Waals surface area contributed by atoms with Crippen LogP contribution >= 0.6 is 0 Å². The zero-order valence-electron chi connectivity index (χ0n) is 13.3. The van der Waals surface area contributed by atoms with Gasteiger partial charge in [-0.05, 0) is 25.7 Å². The summed E-state index contributed by atoms with van der Waals surface area (Å²) in [4.78, 5) is 15.0. The van der Waals surface area contributed by atoms with E-state index in [0.29, 0.717) is 30.6 Å². The molecule has 2 aromatic rings. The summed E-state index contributed by atoms with van der Waals surface area (Å²) in [6.07, 6.45) is 4.37. The third-order valence-electron chi connectivity index (χ3n) is 3.97. The number of rotatable bonds is 6. The topological polar surface area (TPSA) is 100 Å². The molecule has 3 heterocycles. The number of nitrogens with zero attached hydrogens (tertiary/aromatic N) is 5. The molecule has 2 aromatic heterocycles. The Labute approximate surface area is 134 Å². The van der Waals surface area contributed by atoms with E-state index in [9.17, 15) is 5.11 Å². The van der Waals surface area contributed by atoms with E-state index in [0.717, 1.165) is 37.6 Å². The van der Waals surface area contributed by atoms with E-state index < -0.39 is 0 Å². The maximum absolute atomic E-state index is 9.34. The molecule has 8 heteroatoms. The van der Waals surface area contributed by atoms with Crippen LogP contribution in [0.3, 0.4) is 0 Å². The van der Waals surface area contributed by atoms with E-state index in [2.05, 4.69) is 30.3 Å². The molecule has 0 radical (unpaired) electrons. The van der Waals surface area contributed by atoms with Gasteiger partial charge >= 0.3 is 0 Å². The SMILES string of the molecule is Cc1noc(CCNc2cc(N3CCCC(CO)C3)ncn2)n1. The number of anilines is 2. The van der Waals surface area contributed by atoms with Crippen LogP contribution in [0.2, 0.25) is 0 Å². The average Bonchev–Trinajstić information content (AvgIpc) is 3.00. The van der Waals surface area contributed by atoms with Gasteiger partial charge in [0.15, 0.2) is 5.82 Å². The molecule has 1 aliphatic rings. The highest BCUT2D eigenvalue weighted by Crippen LogP contribution is 2.22. The summed E-state index contributed by atoms with van der Waals surface area (Å²) < 4.78 is 5.08. The molecule has 0 bridgehead atoms. The molecule has 124 valence electrons. The van der Waals surface area contributed by atoms with E-state index in [1.807, 2.05) is 6.07 Å². The molecule has 0 spiro atoms. The van der Waals surface area contributed by atoms with Crippen LogP contribution in [0.5, 0.6) is 0 Å². The monoisotopic (exact) mass is 318 g/mol. The van der Waals surface area contributed by atoms with Gasteiger partial charge in [-0.3, -0.25) is 0 Å². The minimum Gasteiger partial charge on any atom is -0.396 e. The lowest BCUT2D eigenvalue weighted by Crippen LogP contribution is -2.37. The van der Waals surface area contributed by atoms with E-state index in [1.165, 1.54) is 0 Å². The van der Waals surface area contributed by atoms with Gasteiger partial charge in [-0.25, -0.2) is 9.97 Å². The van der Waals surface area contributed by atoms with Crippen molar-refractivity contribution in [2.75, 3.05) is 36.5 Å². The van der Waals surface area contributed by atoms with Gasteiger partial charge < -0.3 is 19.8 Å². The van der Waals surface area contributed by atoms with Crippen molar-refractivity contribution < 1.29 is 9.63 Å². The number of hydrogen-bond donors (Lipinski definition) is 2. The third-order valence-corrected chi connectivity index (χ3v) is 3.97. The lowest BCUT2D eigenvalue weighted by molar-refractivity contribution is 0.208. The van der Waals surface area contributed by atoms with Crippen molar-refractivity contribution in [2.24, 2.45) is 5.92 Å². The Hall–Kier alpha value is -2.22. The Kier molecular flexibility index (Phi) is 5.02. The molecule has 1 unspecified atom stereocenters. The van der Waals surface area contributed by atoms with E-state index in [-0.39, 0.29) is 6.61 Å². The van der Waals surface area contributed by atoms with Gasteiger partial charge in [0.05, 0.1) is 0 Å². The van der Waals surface area contributed by atoms with Gasteiger partial charge in [0, 0.05) is 38.7 Å². The molecule has 0 aromatic carbocycles. The van der Waals surface area contributed by atoms with Gasteiger partial charge in [-0.15, -0.1) is 0 Å². The van der Waals surface area contributed by atoms with Crippen LogP contribution in [0.15, 0.2) is 16.9 Å². The Morgan fingerprint density at radius 2 is 2.35 bits per heavy atom. The van der Waals surface area contributed by atoms with Crippen LogP contribution in [0.4, 0.5) is 11.6 Å². The van der Waals surface area contributed by atoms with Crippen molar-refractivity contribution in [1.82, 2.24) is 20.1 Å². The maximum atomic E-state index is 9.34. The van der Waals surface area contributed by atoms with Crippen LogP contribution in [-0.4, -0.2) is 51.5 Å². The second-order valence-electron chi connectivity index (χ2n) is 5.81. The second kappa shape index (κ2) is 7.36. The molecule has 0 saturated carbocycles. The second-order valence-corrected chi connectivity index (χ2v) is 5.81. The minimum absolute atomic E-state index is 0.232. The predicted octanol–water partition coefficient (Wildman–Crippen LogP) is 1.03. The van der Waals surface area contributed by atoms with Gasteiger partial charge in [0.25, 0.3) is 0 Å². The third kappa shape index (κ3) is 4.16. The van der Waals surface area contributed by atoms with Crippen molar-refractivity contribution in [3.8, 4) is 0 Å². The van der Waals surface area contributed by atoms with Gasteiger partial charge in [0.2, 0.25) is 5.89 Å². The fourth-order valence-corrected chi connectivity index (χ4v) is 2.78. The number of hydrogen-bond acceptors (Lipinski definition) is 8. The van der Waals surface area contributed by atoms with Crippen molar-refractivity contribution in [2.45, 2.75) is 26.2 Å².